The highest BCUT2D eigenvalue weighted by molar-refractivity contribution is 5.92. The summed E-state index contributed by atoms with van der Waals surface area (Å²) < 4.78 is 38.1. The average Bonchev–Trinajstić information content (AvgIpc) is 2.47. The second kappa shape index (κ2) is 6.13. The Morgan fingerprint density at radius 2 is 1.95 bits per heavy atom. The van der Waals surface area contributed by atoms with Crippen LogP contribution < -0.4 is 5.32 Å². The quantitative estimate of drug-likeness (QED) is 0.946. The largest absolute Gasteiger partial charge is 0.416 e. The van der Waals surface area contributed by atoms with E-state index in [-0.39, 0.29) is 5.69 Å². The normalized spacial score (nSPS) is 12.8. The van der Waals surface area contributed by atoms with Crippen LogP contribution >= 0.6 is 0 Å². The molecule has 22 heavy (non-hydrogen) atoms. The molecular formula is C15H14F3N3O. The number of aryl methyl sites for hydroxylation is 1. The molecule has 0 aliphatic carbocycles. The Morgan fingerprint density at radius 1 is 1.23 bits per heavy atom. The van der Waals surface area contributed by atoms with Crippen LogP contribution in [0.3, 0.4) is 0 Å². The maximum absolute atomic E-state index is 12.7. The van der Waals surface area contributed by atoms with Crippen molar-refractivity contribution < 1.29 is 18.0 Å². The van der Waals surface area contributed by atoms with Gasteiger partial charge in [-0.25, -0.2) is 4.98 Å². The summed E-state index contributed by atoms with van der Waals surface area (Å²) in [5.41, 5.74) is 0.399. The van der Waals surface area contributed by atoms with Crippen LogP contribution in [0.2, 0.25) is 0 Å². The summed E-state index contributed by atoms with van der Waals surface area (Å²) in [6.07, 6.45) is -1.64. The number of aromatic nitrogens is 2. The van der Waals surface area contributed by atoms with E-state index in [0.717, 1.165) is 12.1 Å². The third-order valence-corrected chi connectivity index (χ3v) is 3.08. The Labute approximate surface area is 125 Å². The fourth-order valence-corrected chi connectivity index (χ4v) is 1.85. The zero-order chi connectivity index (χ0) is 16.3. The third kappa shape index (κ3) is 3.81. The molecule has 0 unspecified atom stereocenters. The molecule has 1 aromatic carbocycles. The van der Waals surface area contributed by atoms with E-state index < -0.39 is 23.7 Å². The van der Waals surface area contributed by atoms with E-state index in [2.05, 4.69) is 15.3 Å². The van der Waals surface area contributed by atoms with Gasteiger partial charge < -0.3 is 5.32 Å². The van der Waals surface area contributed by atoms with E-state index in [9.17, 15) is 18.0 Å². The predicted molar refractivity (Wildman–Crippen MR) is 74.1 cm³/mol. The monoisotopic (exact) mass is 309 g/mol. The van der Waals surface area contributed by atoms with Gasteiger partial charge in [0, 0.05) is 6.20 Å². The van der Waals surface area contributed by atoms with Gasteiger partial charge in [0.05, 0.1) is 23.5 Å². The molecule has 4 nitrogen and oxygen atoms in total. The number of carbonyl (C=O) groups excluding carboxylic acids is 1. The van der Waals surface area contributed by atoms with Gasteiger partial charge in [-0.2, -0.15) is 13.2 Å². The van der Waals surface area contributed by atoms with Crippen LogP contribution in [0, 0.1) is 6.92 Å². The van der Waals surface area contributed by atoms with Crippen LogP contribution in [-0.4, -0.2) is 15.9 Å². The Hall–Kier alpha value is -2.44. The van der Waals surface area contributed by atoms with Crippen LogP contribution in [0.5, 0.6) is 0 Å². The van der Waals surface area contributed by atoms with Crippen molar-refractivity contribution in [2.75, 3.05) is 0 Å². The molecule has 2 rings (SSSR count). The molecule has 7 heteroatoms. The van der Waals surface area contributed by atoms with Crippen molar-refractivity contribution in [1.29, 1.82) is 0 Å². The van der Waals surface area contributed by atoms with Crippen LogP contribution in [0.4, 0.5) is 13.2 Å². The summed E-state index contributed by atoms with van der Waals surface area (Å²) in [6, 6.07) is 4.26. The first-order valence-electron chi connectivity index (χ1n) is 6.54. The third-order valence-electron chi connectivity index (χ3n) is 3.08. The minimum absolute atomic E-state index is 0.115. The van der Waals surface area contributed by atoms with Crippen molar-refractivity contribution in [3.8, 4) is 0 Å². The molecule has 1 atom stereocenters. The number of alkyl halides is 3. The Morgan fingerprint density at radius 3 is 2.55 bits per heavy atom. The van der Waals surface area contributed by atoms with Crippen molar-refractivity contribution in [2.45, 2.75) is 26.1 Å². The first kappa shape index (κ1) is 15.9. The minimum Gasteiger partial charge on any atom is -0.344 e. The van der Waals surface area contributed by atoms with Crippen molar-refractivity contribution in [3.05, 3.63) is 59.2 Å². The molecule has 1 aromatic heterocycles. The van der Waals surface area contributed by atoms with Crippen molar-refractivity contribution in [3.63, 3.8) is 0 Å². The van der Waals surface area contributed by atoms with E-state index in [0.29, 0.717) is 11.3 Å². The zero-order valence-corrected chi connectivity index (χ0v) is 12.0. The molecule has 0 aliphatic heterocycles. The van der Waals surface area contributed by atoms with Crippen molar-refractivity contribution in [2.24, 2.45) is 0 Å². The first-order chi connectivity index (χ1) is 10.3. The molecule has 1 N–H and O–H groups in total. The molecule has 116 valence electrons. The molecule has 0 bridgehead atoms. The number of halogens is 3. The summed E-state index contributed by atoms with van der Waals surface area (Å²) >= 11 is 0. The van der Waals surface area contributed by atoms with Crippen LogP contribution in [0.25, 0.3) is 0 Å². The molecule has 0 saturated carbocycles. The number of benzene rings is 1. The molecule has 0 aliphatic rings. The lowest BCUT2D eigenvalue weighted by Gasteiger charge is -2.16. The molecule has 0 radical (unpaired) electrons. The molecule has 2 aromatic rings. The molecule has 1 heterocycles. The minimum atomic E-state index is -4.41. The van der Waals surface area contributed by atoms with Gasteiger partial charge in [0.2, 0.25) is 0 Å². The van der Waals surface area contributed by atoms with Crippen LogP contribution in [-0.2, 0) is 6.18 Å². The summed E-state index contributed by atoms with van der Waals surface area (Å²) in [6.45, 7) is 3.34. The van der Waals surface area contributed by atoms with E-state index in [1.807, 2.05) is 0 Å². The molecular weight excluding hydrogens is 295 g/mol. The lowest BCUT2D eigenvalue weighted by molar-refractivity contribution is -0.137. The number of hydrogen-bond acceptors (Lipinski definition) is 3. The number of amides is 1. The van der Waals surface area contributed by atoms with E-state index in [1.54, 1.807) is 13.8 Å². The maximum Gasteiger partial charge on any atom is 0.416 e. The zero-order valence-electron chi connectivity index (χ0n) is 12.0. The summed E-state index contributed by atoms with van der Waals surface area (Å²) in [5.74, 6) is -0.489. The standard InChI is InChI=1S/C15H14F3N3O/c1-9-7-20-13(8-19-9)14(22)21-10(2)11-4-3-5-12(6-11)15(16,17)18/h3-8,10H,1-2H3,(H,21,22)/t10-/m0/s1. The fraction of sp³-hybridized carbons (Fsp3) is 0.267. The van der Waals surface area contributed by atoms with Gasteiger partial charge in [-0.3, -0.25) is 9.78 Å². The van der Waals surface area contributed by atoms with E-state index in [4.69, 9.17) is 0 Å². The Balaban J connectivity index is 2.13. The van der Waals surface area contributed by atoms with Gasteiger partial charge in [0.1, 0.15) is 5.69 Å². The second-order valence-corrected chi connectivity index (χ2v) is 4.86. The smallest absolute Gasteiger partial charge is 0.344 e. The van der Waals surface area contributed by atoms with Crippen molar-refractivity contribution >= 4 is 5.91 Å². The highest BCUT2D eigenvalue weighted by atomic mass is 19.4. The Bertz CT molecular complexity index is 668. The van der Waals surface area contributed by atoms with Gasteiger partial charge in [-0.1, -0.05) is 12.1 Å². The first-order valence-corrected chi connectivity index (χ1v) is 6.54. The van der Waals surface area contributed by atoms with Gasteiger partial charge in [-0.15, -0.1) is 0 Å². The van der Waals surface area contributed by atoms with E-state index in [1.165, 1.54) is 24.5 Å². The molecule has 0 fully saturated rings. The highest BCUT2D eigenvalue weighted by Gasteiger charge is 2.30. The van der Waals surface area contributed by atoms with Gasteiger partial charge >= 0.3 is 6.18 Å². The summed E-state index contributed by atoms with van der Waals surface area (Å²) in [4.78, 5) is 19.9. The molecule has 1 amide bonds. The highest BCUT2D eigenvalue weighted by Crippen LogP contribution is 2.30. The fourth-order valence-electron chi connectivity index (χ4n) is 1.85. The van der Waals surface area contributed by atoms with Crippen molar-refractivity contribution in [1.82, 2.24) is 15.3 Å². The van der Waals surface area contributed by atoms with Crippen LogP contribution in [0.1, 0.15) is 40.3 Å². The summed E-state index contributed by atoms with van der Waals surface area (Å²) in [5, 5.41) is 2.60. The number of nitrogens with one attached hydrogen (secondary N) is 1. The Kier molecular flexibility index (Phi) is 4.44. The number of carbonyl (C=O) groups is 1. The van der Waals surface area contributed by atoms with Gasteiger partial charge in [-0.05, 0) is 31.5 Å². The van der Waals surface area contributed by atoms with Gasteiger partial charge in [0.15, 0.2) is 0 Å². The topological polar surface area (TPSA) is 54.9 Å². The average molecular weight is 309 g/mol. The number of hydrogen-bond donors (Lipinski definition) is 1. The van der Waals surface area contributed by atoms with E-state index >= 15 is 0 Å². The molecule has 0 spiro atoms. The second-order valence-electron chi connectivity index (χ2n) is 4.86. The molecule has 0 saturated heterocycles. The lowest BCUT2D eigenvalue weighted by atomic mass is 10.0. The SMILES string of the molecule is Cc1cnc(C(=O)N[C@@H](C)c2cccc(C(F)(F)F)c2)cn1. The number of rotatable bonds is 3. The predicted octanol–water partition coefficient (Wildman–Crippen LogP) is 3.29. The lowest BCUT2D eigenvalue weighted by Crippen LogP contribution is -2.27. The van der Waals surface area contributed by atoms with Gasteiger partial charge in [0.25, 0.3) is 5.91 Å². The van der Waals surface area contributed by atoms with Crippen LogP contribution in [0.15, 0.2) is 36.7 Å². The maximum atomic E-state index is 12.7. The number of nitrogens with zero attached hydrogens (tertiary/aromatic N) is 2. The summed E-state index contributed by atoms with van der Waals surface area (Å²) in [7, 11) is 0.